The fourth-order valence-corrected chi connectivity index (χ4v) is 2.80. The van der Waals surface area contributed by atoms with Crippen LogP contribution in [0, 0.1) is 0 Å². The fraction of sp³-hybridized carbons (Fsp3) is 0.118. The number of nitrogens with zero attached hydrogens (tertiary/aromatic N) is 3. The van der Waals surface area contributed by atoms with Crippen molar-refractivity contribution in [2.45, 2.75) is 0 Å². The first-order valence-corrected chi connectivity index (χ1v) is 7.05. The van der Waals surface area contributed by atoms with Crippen molar-refractivity contribution >= 4 is 27.5 Å². The van der Waals surface area contributed by atoms with Gasteiger partial charge < -0.3 is 13.9 Å². The summed E-state index contributed by atoms with van der Waals surface area (Å²) in [5.41, 5.74) is 1.69. The molecule has 0 N–H and O–H groups in total. The molecule has 0 saturated heterocycles. The summed E-state index contributed by atoms with van der Waals surface area (Å²) < 4.78 is 12.6. The maximum absolute atomic E-state index is 12.3. The average molecular weight is 307 g/mol. The average Bonchev–Trinajstić information content (AvgIpc) is 2.60. The molecule has 4 rings (SSSR count). The second-order valence-corrected chi connectivity index (χ2v) is 5.09. The Morgan fingerprint density at radius 1 is 1.09 bits per heavy atom. The van der Waals surface area contributed by atoms with Gasteiger partial charge in [-0.25, -0.2) is 0 Å². The summed E-state index contributed by atoms with van der Waals surface area (Å²) in [6.45, 7) is 0. The van der Waals surface area contributed by atoms with E-state index in [-0.39, 0.29) is 5.56 Å². The molecule has 0 fully saturated rings. The van der Waals surface area contributed by atoms with Gasteiger partial charge in [0.15, 0.2) is 0 Å². The molecule has 0 atom stereocenters. The minimum absolute atomic E-state index is 0.303. The van der Waals surface area contributed by atoms with E-state index in [1.807, 2.05) is 28.8 Å². The second-order valence-electron chi connectivity index (χ2n) is 5.09. The van der Waals surface area contributed by atoms with E-state index in [0.29, 0.717) is 28.0 Å². The highest BCUT2D eigenvalue weighted by molar-refractivity contribution is 6.06. The van der Waals surface area contributed by atoms with Gasteiger partial charge in [0.2, 0.25) is 0 Å². The molecule has 0 aliphatic carbocycles. The number of aromatic nitrogens is 3. The minimum Gasteiger partial charge on any atom is -0.497 e. The first kappa shape index (κ1) is 13.5. The van der Waals surface area contributed by atoms with Crippen LogP contribution in [-0.4, -0.2) is 28.6 Å². The third kappa shape index (κ3) is 1.92. The Bertz CT molecular complexity index is 1120. The van der Waals surface area contributed by atoms with Gasteiger partial charge in [-0.15, -0.1) is 0 Å². The molecule has 0 spiro atoms. The lowest BCUT2D eigenvalue weighted by atomic mass is 10.1. The van der Waals surface area contributed by atoms with Gasteiger partial charge >= 0.3 is 0 Å². The smallest absolute Gasteiger partial charge is 0.282 e. The number of pyridine rings is 2. The molecule has 1 aromatic carbocycles. The molecule has 0 amide bonds. The molecule has 0 unspecified atom stereocenters. The predicted octanol–water partition coefficient (Wildman–Crippen LogP) is 2.41. The Labute approximate surface area is 130 Å². The van der Waals surface area contributed by atoms with E-state index in [1.54, 1.807) is 32.5 Å². The largest absolute Gasteiger partial charge is 0.497 e. The highest BCUT2D eigenvalue weighted by atomic mass is 16.5. The van der Waals surface area contributed by atoms with Crippen molar-refractivity contribution in [3.8, 4) is 11.5 Å². The van der Waals surface area contributed by atoms with Crippen LogP contribution in [-0.2, 0) is 0 Å². The summed E-state index contributed by atoms with van der Waals surface area (Å²) in [5, 5.41) is 1.23. The molecule has 0 radical (unpaired) electrons. The molecular formula is C17H13N3O3. The lowest BCUT2D eigenvalue weighted by Gasteiger charge is -2.12. The van der Waals surface area contributed by atoms with Crippen molar-refractivity contribution in [3.63, 3.8) is 0 Å². The Kier molecular flexibility index (Phi) is 2.90. The number of methoxy groups -OCH3 is 2. The van der Waals surface area contributed by atoms with E-state index in [9.17, 15) is 4.79 Å². The number of rotatable bonds is 2. The van der Waals surface area contributed by atoms with Gasteiger partial charge in [-0.3, -0.25) is 9.78 Å². The Balaban J connectivity index is 2.34. The molecule has 6 nitrogen and oxygen atoms in total. The summed E-state index contributed by atoms with van der Waals surface area (Å²) in [7, 11) is 3.17. The van der Waals surface area contributed by atoms with Gasteiger partial charge in [-0.1, -0.05) is 6.07 Å². The van der Waals surface area contributed by atoms with Gasteiger partial charge in [0.25, 0.3) is 5.56 Å². The van der Waals surface area contributed by atoms with Gasteiger partial charge in [-0.2, -0.15) is 4.98 Å². The predicted molar refractivity (Wildman–Crippen MR) is 87.4 cm³/mol. The molecule has 0 aliphatic rings. The lowest BCUT2D eigenvalue weighted by molar-refractivity contribution is 0.397. The Hall–Kier alpha value is -3.15. The summed E-state index contributed by atoms with van der Waals surface area (Å²) in [6.07, 6.45) is 3.41. The first-order valence-electron chi connectivity index (χ1n) is 7.05. The van der Waals surface area contributed by atoms with Crippen molar-refractivity contribution in [1.82, 2.24) is 14.4 Å². The molecule has 3 heterocycles. The summed E-state index contributed by atoms with van der Waals surface area (Å²) in [6, 6.07) is 9.16. The highest BCUT2D eigenvalue weighted by Gasteiger charge is 2.14. The molecule has 4 aromatic rings. The van der Waals surface area contributed by atoms with E-state index in [0.717, 1.165) is 10.9 Å². The van der Waals surface area contributed by atoms with Crippen LogP contribution in [0.1, 0.15) is 0 Å². The van der Waals surface area contributed by atoms with Crippen molar-refractivity contribution in [2.24, 2.45) is 0 Å². The molecule has 114 valence electrons. The van der Waals surface area contributed by atoms with Crippen LogP contribution in [0.4, 0.5) is 0 Å². The monoisotopic (exact) mass is 307 g/mol. The maximum atomic E-state index is 12.3. The Morgan fingerprint density at radius 3 is 2.74 bits per heavy atom. The summed E-state index contributed by atoms with van der Waals surface area (Å²) >= 11 is 0. The minimum atomic E-state index is -0.303. The maximum Gasteiger partial charge on any atom is 0.282 e. The van der Waals surface area contributed by atoms with E-state index in [1.165, 1.54) is 0 Å². The molecule has 0 saturated carbocycles. The number of hydrogen-bond donors (Lipinski definition) is 0. The molecular weight excluding hydrogens is 294 g/mol. The zero-order chi connectivity index (χ0) is 16.0. The van der Waals surface area contributed by atoms with E-state index < -0.39 is 0 Å². The van der Waals surface area contributed by atoms with Crippen LogP contribution < -0.4 is 15.0 Å². The van der Waals surface area contributed by atoms with Gasteiger partial charge in [0.05, 0.1) is 25.1 Å². The fourth-order valence-electron chi connectivity index (χ4n) is 2.80. The van der Waals surface area contributed by atoms with E-state index in [4.69, 9.17) is 9.47 Å². The van der Waals surface area contributed by atoms with Gasteiger partial charge in [-0.05, 0) is 18.2 Å². The number of fused-ring (bicyclic) bond motifs is 5. The van der Waals surface area contributed by atoms with E-state index >= 15 is 0 Å². The van der Waals surface area contributed by atoms with Crippen LogP contribution >= 0.6 is 0 Å². The van der Waals surface area contributed by atoms with Crippen molar-refractivity contribution in [1.29, 1.82) is 0 Å². The standard InChI is InChI=1S/C17H13N3O3/c1-22-10-7-11-15(13(8-10)23-2)18-9-12-16(11)20-6-4-3-5-14(20)19-17(12)21/h3-9H,1-2H3. The zero-order valence-electron chi connectivity index (χ0n) is 12.6. The van der Waals surface area contributed by atoms with E-state index in [2.05, 4.69) is 9.97 Å². The van der Waals surface area contributed by atoms with Crippen LogP contribution in [0.2, 0.25) is 0 Å². The van der Waals surface area contributed by atoms with Gasteiger partial charge in [0.1, 0.15) is 22.7 Å². The topological polar surface area (TPSA) is 65.7 Å². The third-order valence-electron chi connectivity index (χ3n) is 3.86. The van der Waals surface area contributed by atoms with Crippen molar-refractivity contribution < 1.29 is 9.47 Å². The van der Waals surface area contributed by atoms with Crippen molar-refractivity contribution in [2.75, 3.05) is 14.2 Å². The molecule has 6 heteroatoms. The highest BCUT2D eigenvalue weighted by Crippen LogP contribution is 2.33. The number of ether oxygens (including phenoxy) is 2. The number of benzene rings is 1. The van der Waals surface area contributed by atoms with Gasteiger partial charge in [0, 0.05) is 23.8 Å². The third-order valence-corrected chi connectivity index (χ3v) is 3.86. The van der Waals surface area contributed by atoms with Crippen molar-refractivity contribution in [3.05, 3.63) is 53.1 Å². The van der Waals surface area contributed by atoms with Crippen LogP contribution in [0.5, 0.6) is 11.5 Å². The second kappa shape index (κ2) is 4.95. The SMILES string of the molecule is COc1cc(OC)c2ncc3c(=O)nc4ccccn4c3c2c1. The normalized spacial score (nSPS) is 11.2. The zero-order valence-corrected chi connectivity index (χ0v) is 12.6. The van der Waals surface area contributed by atoms with Crippen LogP contribution in [0.3, 0.4) is 0 Å². The summed E-state index contributed by atoms with van der Waals surface area (Å²) in [5.74, 6) is 1.23. The quantitative estimate of drug-likeness (QED) is 0.532. The molecule has 0 bridgehead atoms. The number of hydrogen-bond acceptors (Lipinski definition) is 5. The first-order chi connectivity index (χ1) is 11.2. The molecule has 3 aromatic heterocycles. The summed E-state index contributed by atoms with van der Waals surface area (Å²) in [4.78, 5) is 20.8. The lowest BCUT2D eigenvalue weighted by Crippen LogP contribution is -2.11. The van der Waals surface area contributed by atoms with Crippen LogP contribution in [0.15, 0.2) is 47.5 Å². The van der Waals surface area contributed by atoms with Crippen LogP contribution in [0.25, 0.3) is 27.5 Å². The Morgan fingerprint density at radius 2 is 1.96 bits per heavy atom. The molecule has 23 heavy (non-hydrogen) atoms. The molecule has 0 aliphatic heterocycles.